The maximum absolute atomic E-state index is 5.17. The molecule has 4 aliphatic heterocycles. The maximum atomic E-state index is 5.17. The molecular weight excluding hydrogens is 512 g/mol. The van der Waals surface area contributed by atoms with Gasteiger partial charge in [-0.3, -0.25) is 14.8 Å². The van der Waals surface area contributed by atoms with Gasteiger partial charge in [0.2, 0.25) is 0 Å². The molecule has 4 heteroatoms. The zero-order valence-corrected chi connectivity index (χ0v) is 27.9. The van der Waals surface area contributed by atoms with Crippen LogP contribution in [0.1, 0.15) is 111 Å². The van der Waals surface area contributed by atoms with Crippen molar-refractivity contribution in [1.29, 1.82) is 0 Å². The summed E-state index contributed by atoms with van der Waals surface area (Å²) < 4.78 is 0. The molecule has 3 saturated heterocycles. The van der Waals surface area contributed by atoms with Crippen molar-refractivity contribution in [2.75, 3.05) is 19.6 Å². The first-order chi connectivity index (χ1) is 20.1. The minimum absolute atomic E-state index is 0.308. The number of likely N-dealkylation sites (tertiary alicyclic amines) is 2. The molecule has 0 amide bonds. The lowest BCUT2D eigenvalue weighted by atomic mass is 9.71. The normalized spacial score (nSPS) is 38.0. The van der Waals surface area contributed by atoms with Gasteiger partial charge in [0, 0.05) is 31.4 Å². The van der Waals surface area contributed by atoms with Crippen LogP contribution in [0, 0.1) is 40.4 Å². The molecule has 0 radical (unpaired) electrons. The molecule has 0 spiro atoms. The fourth-order valence-electron chi connectivity index (χ4n) is 10.2. The van der Waals surface area contributed by atoms with E-state index in [0.29, 0.717) is 35.2 Å². The maximum Gasteiger partial charge on any atom is 0.105 e. The zero-order chi connectivity index (χ0) is 29.5. The summed E-state index contributed by atoms with van der Waals surface area (Å²) in [4.78, 5) is 11.0. The summed E-state index contributed by atoms with van der Waals surface area (Å²) in [6.45, 7) is 18.7. The molecule has 7 unspecified atom stereocenters. The Hall–Kier alpha value is -1.23. The van der Waals surface area contributed by atoms with Crippen LogP contribution in [-0.2, 0) is 6.42 Å². The van der Waals surface area contributed by atoms with Crippen LogP contribution >= 0.6 is 0 Å². The molecule has 5 aliphatic rings. The van der Waals surface area contributed by atoms with Gasteiger partial charge in [0.25, 0.3) is 0 Å². The zero-order valence-electron chi connectivity index (χ0n) is 27.9. The molecule has 1 aromatic carbocycles. The summed E-state index contributed by atoms with van der Waals surface area (Å²) in [5.74, 6) is 4.13. The predicted molar refractivity (Wildman–Crippen MR) is 178 cm³/mol. The van der Waals surface area contributed by atoms with Crippen LogP contribution in [0.2, 0.25) is 0 Å². The van der Waals surface area contributed by atoms with E-state index in [2.05, 4.69) is 93.2 Å². The Morgan fingerprint density at radius 2 is 1.57 bits per heavy atom. The fraction of sp³-hybridized carbons (Fsp3) is 0.816. The molecule has 6 rings (SSSR count). The molecule has 1 N–H and O–H groups in total. The number of fused-ring (bicyclic) bond motifs is 2. The molecule has 1 aromatic rings. The Bertz CT molecular complexity index is 1030. The molecule has 0 aromatic heterocycles. The number of benzene rings is 1. The Balaban J connectivity index is 1.12. The van der Waals surface area contributed by atoms with Crippen molar-refractivity contribution in [2.24, 2.45) is 45.4 Å². The quantitative estimate of drug-likeness (QED) is 0.341. The smallest absolute Gasteiger partial charge is 0.105 e. The van der Waals surface area contributed by atoms with E-state index in [-0.39, 0.29) is 0 Å². The lowest BCUT2D eigenvalue weighted by Crippen LogP contribution is -2.55. The largest absolute Gasteiger partial charge is 0.301 e. The number of rotatable bonds is 8. The van der Waals surface area contributed by atoms with Crippen molar-refractivity contribution in [2.45, 2.75) is 137 Å². The number of piperidine rings is 1. The van der Waals surface area contributed by atoms with Gasteiger partial charge in [0.05, 0.1) is 6.17 Å². The topological polar surface area (TPSA) is 30.9 Å². The number of aliphatic imine (C=N–C) groups is 1. The Morgan fingerprint density at radius 3 is 2.31 bits per heavy atom. The highest BCUT2D eigenvalue weighted by molar-refractivity contribution is 5.58. The monoisotopic (exact) mass is 574 g/mol. The van der Waals surface area contributed by atoms with Crippen molar-refractivity contribution in [3.63, 3.8) is 0 Å². The summed E-state index contributed by atoms with van der Waals surface area (Å²) in [6, 6.07) is 12.4. The molecular formula is C38H62N4. The van der Waals surface area contributed by atoms with E-state index in [1.165, 1.54) is 82.9 Å². The summed E-state index contributed by atoms with van der Waals surface area (Å²) in [5, 5.41) is 4.15. The first-order valence-electron chi connectivity index (χ1n) is 17.9. The second kappa shape index (κ2) is 12.6. The van der Waals surface area contributed by atoms with E-state index in [4.69, 9.17) is 4.99 Å². The van der Waals surface area contributed by atoms with Gasteiger partial charge >= 0.3 is 0 Å². The molecule has 1 aliphatic carbocycles. The van der Waals surface area contributed by atoms with E-state index >= 15 is 0 Å². The number of hydrogen-bond acceptors (Lipinski definition) is 4. The molecule has 4 nitrogen and oxygen atoms in total. The highest BCUT2D eigenvalue weighted by Crippen LogP contribution is 2.49. The average molecular weight is 575 g/mol. The third-order valence-corrected chi connectivity index (χ3v) is 12.4. The fourth-order valence-corrected chi connectivity index (χ4v) is 10.2. The Kier molecular flexibility index (Phi) is 9.26. The van der Waals surface area contributed by atoms with Gasteiger partial charge in [-0.15, -0.1) is 0 Å². The molecule has 4 heterocycles. The van der Waals surface area contributed by atoms with Crippen LogP contribution in [0.5, 0.6) is 0 Å². The van der Waals surface area contributed by atoms with Crippen molar-refractivity contribution >= 4 is 6.21 Å². The van der Waals surface area contributed by atoms with Gasteiger partial charge in [0.1, 0.15) is 6.17 Å². The van der Waals surface area contributed by atoms with Gasteiger partial charge in [-0.05, 0) is 110 Å². The second-order valence-electron chi connectivity index (χ2n) is 17.2. The van der Waals surface area contributed by atoms with E-state index in [9.17, 15) is 0 Å². The third kappa shape index (κ3) is 6.71. The minimum Gasteiger partial charge on any atom is -0.301 e. The van der Waals surface area contributed by atoms with Gasteiger partial charge in [-0.25, -0.2) is 0 Å². The first kappa shape index (κ1) is 30.8. The average Bonchev–Trinajstić information content (AvgIpc) is 3.52. The van der Waals surface area contributed by atoms with Crippen molar-refractivity contribution < 1.29 is 0 Å². The molecule has 1 saturated carbocycles. The lowest BCUT2D eigenvalue weighted by Gasteiger charge is -2.45. The first-order valence-corrected chi connectivity index (χ1v) is 17.9. The highest BCUT2D eigenvalue weighted by atomic mass is 15.3. The van der Waals surface area contributed by atoms with Crippen LogP contribution in [0.4, 0.5) is 0 Å². The Morgan fingerprint density at radius 1 is 0.833 bits per heavy atom. The van der Waals surface area contributed by atoms with Crippen molar-refractivity contribution in [3.8, 4) is 0 Å². The summed E-state index contributed by atoms with van der Waals surface area (Å²) in [6.07, 6.45) is 18.1. The van der Waals surface area contributed by atoms with Gasteiger partial charge < -0.3 is 5.32 Å². The van der Waals surface area contributed by atoms with E-state index < -0.39 is 0 Å². The molecule has 234 valence electrons. The lowest BCUT2D eigenvalue weighted by molar-refractivity contribution is 0.0373. The van der Waals surface area contributed by atoms with Crippen molar-refractivity contribution in [1.82, 2.24) is 15.1 Å². The second-order valence-corrected chi connectivity index (χ2v) is 17.2. The number of nitrogens with zero attached hydrogens (tertiary/aromatic N) is 3. The summed E-state index contributed by atoms with van der Waals surface area (Å²) in [7, 11) is 0. The van der Waals surface area contributed by atoms with E-state index in [1.54, 1.807) is 0 Å². The Labute approximate surface area is 258 Å². The van der Waals surface area contributed by atoms with E-state index in [1.807, 2.05) is 0 Å². The third-order valence-electron chi connectivity index (χ3n) is 12.4. The predicted octanol–water partition coefficient (Wildman–Crippen LogP) is 8.03. The highest BCUT2D eigenvalue weighted by Gasteiger charge is 2.51. The van der Waals surface area contributed by atoms with Crippen LogP contribution < -0.4 is 5.32 Å². The van der Waals surface area contributed by atoms with Crippen LogP contribution in [0.3, 0.4) is 0 Å². The molecule has 0 bridgehead atoms. The van der Waals surface area contributed by atoms with Crippen LogP contribution in [0.25, 0.3) is 0 Å². The van der Waals surface area contributed by atoms with Crippen LogP contribution in [0.15, 0.2) is 35.3 Å². The van der Waals surface area contributed by atoms with Crippen LogP contribution in [-0.4, -0.2) is 60.1 Å². The molecule has 4 fully saturated rings. The SMILES string of the molecule is CC(C)(C)C1CC2CC(CC(C)(C)C3CC4CCC=NC4N3C[C@H]3CC[C@H](C)CC3)CNC2N1CCc1ccccc1. The van der Waals surface area contributed by atoms with Gasteiger partial charge in [0.15, 0.2) is 0 Å². The standard InChI is InChI=1S/C38H62N4/c1-27-14-16-29(17-15-27)26-42-34(22-31-13-10-19-39-35(31)42)38(5,6)24-30-21-32-23-33(37(2,3)4)41(36(32)40-25-30)20-18-28-11-8-7-9-12-28/h7-9,11-12,19,27,29-36,40H,10,13-18,20-26H2,1-6H3/t27-,29-,30?,31?,32?,33?,34?,35?,36?. The number of nitrogens with one attached hydrogen (secondary N) is 1. The summed E-state index contributed by atoms with van der Waals surface area (Å²) >= 11 is 0. The van der Waals surface area contributed by atoms with Gasteiger partial charge in [-0.2, -0.15) is 0 Å². The minimum atomic E-state index is 0.308. The van der Waals surface area contributed by atoms with E-state index in [0.717, 1.165) is 42.6 Å². The molecule has 42 heavy (non-hydrogen) atoms. The van der Waals surface area contributed by atoms with Gasteiger partial charge in [-0.1, -0.05) is 84.7 Å². The number of hydrogen-bond donors (Lipinski definition) is 1. The summed E-state index contributed by atoms with van der Waals surface area (Å²) in [5.41, 5.74) is 2.10. The molecule has 7 atom stereocenters. The van der Waals surface area contributed by atoms with Crippen molar-refractivity contribution in [3.05, 3.63) is 35.9 Å².